The fraction of sp³-hybridized carbons (Fsp3) is 0.562. The number of hydrogen-bond acceptors (Lipinski definition) is 3. The SMILES string of the molecule is CCCNC(CSc1nc2ccccc2[nH]1)C(C)(C)C. The Balaban J connectivity index is 2.01. The molecule has 0 aliphatic rings. The highest BCUT2D eigenvalue weighted by Gasteiger charge is 2.24. The van der Waals surface area contributed by atoms with Crippen LogP contribution in [0.1, 0.15) is 34.1 Å². The van der Waals surface area contributed by atoms with Gasteiger partial charge in [-0.15, -0.1) is 0 Å². The second kappa shape index (κ2) is 6.64. The van der Waals surface area contributed by atoms with Crippen LogP contribution in [0.5, 0.6) is 0 Å². The van der Waals surface area contributed by atoms with Gasteiger partial charge in [-0.05, 0) is 30.5 Å². The molecule has 3 nitrogen and oxygen atoms in total. The zero-order valence-corrected chi connectivity index (χ0v) is 13.7. The summed E-state index contributed by atoms with van der Waals surface area (Å²) >= 11 is 1.80. The van der Waals surface area contributed by atoms with Gasteiger partial charge in [-0.3, -0.25) is 0 Å². The average molecular weight is 291 g/mol. The fourth-order valence-corrected chi connectivity index (χ4v) is 3.38. The molecule has 0 bridgehead atoms. The van der Waals surface area contributed by atoms with E-state index in [2.05, 4.69) is 49.0 Å². The maximum Gasteiger partial charge on any atom is 0.166 e. The molecule has 1 unspecified atom stereocenters. The molecular formula is C16H25N3S. The highest BCUT2D eigenvalue weighted by atomic mass is 32.2. The number of nitrogens with one attached hydrogen (secondary N) is 2. The van der Waals surface area contributed by atoms with E-state index >= 15 is 0 Å². The van der Waals surface area contributed by atoms with Gasteiger partial charge in [0.05, 0.1) is 11.0 Å². The van der Waals surface area contributed by atoms with Crippen LogP contribution in [0.15, 0.2) is 29.4 Å². The predicted molar refractivity (Wildman–Crippen MR) is 88.4 cm³/mol. The zero-order chi connectivity index (χ0) is 14.6. The lowest BCUT2D eigenvalue weighted by atomic mass is 9.88. The third-order valence-corrected chi connectivity index (χ3v) is 4.41. The van der Waals surface area contributed by atoms with Gasteiger partial charge in [0.1, 0.15) is 0 Å². The molecule has 0 radical (unpaired) electrons. The summed E-state index contributed by atoms with van der Waals surface area (Å²) < 4.78 is 0. The Morgan fingerprint density at radius 2 is 2.05 bits per heavy atom. The molecule has 1 atom stereocenters. The van der Waals surface area contributed by atoms with E-state index in [9.17, 15) is 0 Å². The first kappa shape index (κ1) is 15.4. The zero-order valence-electron chi connectivity index (χ0n) is 12.9. The molecule has 1 aromatic carbocycles. The van der Waals surface area contributed by atoms with Crippen molar-refractivity contribution < 1.29 is 0 Å². The predicted octanol–water partition coefficient (Wildman–Crippen LogP) is 4.07. The van der Waals surface area contributed by atoms with Gasteiger partial charge < -0.3 is 10.3 Å². The molecule has 0 amide bonds. The molecule has 2 N–H and O–H groups in total. The number of aromatic amines is 1. The van der Waals surface area contributed by atoms with Crippen LogP contribution in [0.4, 0.5) is 0 Å². The molecule has 0 saturated carbocycles. The van der Waals surface area contributed by atoms with Crippen molar-refractivity contribution in [1.82, 2.24) is 15.3 Å². The van der Waals surface area contributed by atoms with E-state index in [1.165, 1.54) is 6.42 Å². The third-order valence-electron chi connectivity index (χ3n) is 3.44. The van der Waals surface area contributed by atoms with E-state index in [1.807, 2.05) is 18.2 Å². The highest BCUT2D eigenvalue weighted by molar-refractivity contribution is 7.99. The van der Waals surface area contributed by atoms with Gasteiger partial charge in [0.15, 0.2) is 5.16 Å². The van der Waals surface area contributed by atoms with Crippen molar-refractivity contribution in [3.8, 4) is 0 Å². The van der Waals surface area contributed by atoms with Gasteiger partial charge in [0.2, 0.25) is 0 Å². The molecule has 20 heavy (non-hydrogen) atoms. The minimum atomic E-state index is 0.258. The molecule has 110 valence electrons. The first-order valence-corrected chi connectivity index (χ1v) is 8.30. The summed E-state index contributed by atoms with van der Waals surface area (Å²) in [6.45, 7) is 10.2. The van der Waals surface area contributed by atoms with Crippen LogP contribution in [0.3, 0.4) is 0 Å². The number of fused-ring (bicyclic) bond motifs is 1. The van der Waals surface area contributed by atoms with Crippen molar-refractivity contribution in [3.63, 3.8) is 0 Å². The second-order valence-corrected chi connectivity index (χ2v) is 7.25. The molecule has 0 saturated heterocycles. The lowest BCUT2D eigenvalue weighted by molar-refractivity contribution is 0.291. The summed E-state index contributed by atoms with van der Waals surface area (Å²) in [7, 11) is 0. The molecular weight excluding hydrogens is 266 g/mol. The van der Waals surface area contributed by atoms with Crippen LogP contribution in [-0.2, 0) is 0 Å². The number of rotatable bonds is 6. The Morgan fingerprint density at radius 3 is 2.70 bits per heavy atom. The molecule has 1 heterocycles. The van der Waals surface area contributed by atoms with E-state index in [0.717, 1.165) is 28.5 Å². The fourth-order valence-electron chi connectivity index (χ4n) is 2.09. The van der Waals surface area contributed by atoms with Crippen LogP contribution < -0.4 is 5.32 Å². The number of hydrogen-bond donors (Lipinski definition) is 2. The maximum atomic E-state index is 4.63. The van der Waals surface area contributed by atoms with Crippen molar-refractivity contribution in [2.24, 2.45) is 5.41 Å². The summed E-state index contributed by atoms with van der Waals surface area (Å²) in [5.74, 6) is 1.03. The minimum absolute atomic E-state index is 0.258. The molecule has 4 heteroatoms. The Hall–Kier alpha value is -1.00. The standard InChI is InChI=1S/C16H25N3S/c1-5-10-17-14(16(2,3)4)11-20-15-18-12-8-6-7-9-13(12)19-15/h6-9,14,17H,5,10-11H2,1-4H3,(H,18,19). The first-order valence-electron chi connectivity index (χ1n) is 7.31. The summed E-state index contributed by atoms with van der Waals surface area (Å²) in [6, 6.07) is 8.67. The number of benzene rings is 1. The quantitative estimate of drug-likeness (QED) is 0.788. The molecule has 0 fully saturated rings. The van der Waals surface area contributed by atoms with Crippen molar-refractivity contribution in [2.75, 3.05) is 12.3 Å². The Labute approximate surface area is 125 Å². The number of para-hydroxylation sites is 2. The highest BCUT2D eigenvalue weighted by Crippen LogP contribution is 2.26. The molecule has 0 aliphatic heterocycles. The lowest BCUT2D eigenvalue weighted by Crippen LogP contribution is -2.42. The number of nitrogens with zero attached hydrogens (tertiary/aromatic N) is 1. The second-order valence-electron chi connectivity index (χ2n) is 6.24. The minimum Gasteiger partial charge on any atom is -0.333 e. The number of H-pyrrole nitrogens is 1. The number of aromatic nitrogens is 2. The Bertz CT molecular complexity index is 509. The molecule has 2 rings (SSSR count). The van der Waals surface area contributed by atoms with Gasteiger partial charge >= 0.3 is 0 Å². The lowest BCUT2D eigenvalue weighted by Gasteiger charge is -2.31. The van der Waals surface area contributed by atoms with Crippen molar-refractivity contribution in [1.29, 1.82) is 0 Å². The number of thioether (sulfide) groups is 1. The van der Waals surface area contributed by atoms with Gasteiger partial charge in [0.25, 0.3) is 0 Å². The monoisotopic (exact) mass is 291 g/mol. The molecule has 0 aliphatic carbocycles. The summed E-state index contributed by atoms with van der Waals surface area (Å²) in [4.78, 5) is 8.01. The van der Waals surface area contributed by atoms with Crippen LogP contribution in [0.2, 0.25) is 0 Å². The summed E-state index contributed by atoms with van der Waals surface area (Å²) in [6.07, 6.45) is 1.17. The van der Waals surface area contributed by atoms with E-state index < -0.39 is 0 Å². The first-order chi connectivity index (χ1) is 9.50. The Morgan fingerprint density at radius 1 is 1.30 bits per heavy atom. The van der Waals surface area contributed by atoms with Crippen molar-refractivity contribution >= 4 is 22.8 Å². The number of imidazole rings is 1. The van der Waals surface area contributed by atoms with Crippen molar-refractivity contribution in [3.05, 3.63) is 24.3 Å². The maximum absolute atomic E-state index is 4.63. The van der Waals surface area contributed by atoms with Crippen LogP contribution in [-0.4, -0.2) is 28.3 Å². The van der Waals surface area contributed by atoms with Gasteiger partial charge in [-0.25, -0.2) is 4.98 Å². The molecule has 2 aromatic rings. The molecule has 1 aromatic heterocycles. The van der Waals surface area contributed by atoms with Crippen LogP contribution in [0, 0.1) is 5.41 Å². The van der Waals surface area contributed by atoms with Gasteiger partial charge in [-0.1, -0.05) is 51.6 Å². The smallest absolute Gasteiger partial charge is 0.166 e. The third kappa shape index (κ3) is 4.00. The summed E-state index contributed by atoms with van der Waals surface area (Å²) in [5.41, 5.74) is 2.42. The normalized spacial score (nSPS) is 13.8. The van der Waals surface area contributed by atoms with Gasteiger partial charge in [0, 0.05) is 11.8 Å². The van der Waals surface area contributed by atoms with E-state index in [1.54, 1.807) is 11.8 Å². The van der Waals surface area contributed by atoms with Crippen LogP contribution in [0.25, 0.3) is 11.0 Å². The summed E-state index contributed by atoms with van der Waals surface area (Å²) in [5, 5.41) is 4.66. The van der Waals surface area contributed by atoms with Crippen LogP contribution >= 0.6 is 11.8 Å². The average Bonchev–Trinajstić information content (AvgIpc) is 2.79. The van der Waals surface area contributed by atoms with E-state index in [-0.39, 0.29) is 5.41 Å². The largest absolute Gasteiger partial charge is 0.333 e. The van der Waals surface area contributed by atoms with Crippen molar-refractivity contribution in [2.45, 2.75) is 45.3 Å². The van der Waals surface area contributed by atoms with Gasteiger partial charge in [-0.2, -0.15) is 0 Å². The Kier molecular flexibility index (Phi) is 5.11. The van der Waals surface area contributed by atoms with E-state index in [0.29, 0.717) is 6.04 Å². The topological polar surface area (TPSA) is 40.7 Å². The molecule has 0 spiro atoms. The van der Waals surface area contributed by atoms with E-state index in [4.69, 9.17) is 0 Å².